The number of likely N-dealkylation sites (N-methyl/N-ethyl adjacent to an activating group) is 1. The van der Waals surface area contributed by atoms with Crippen molar-refractivity contribution in [3.05, 3.63) is 34.0 Å². The van der Waals surface area contributed by atoms with Gasteiger partial charge in [0.2, 0.25) is 0 Å². The second-order valence-electron chi connectivity index (χ2n) is 9.72. The fraction of sp³-hybridized carbons (Fsp3) is 0.640. The Hall–Kier alpha value is -2.21. The van der Waals surface area contributed by atoms with Crippen LogP contribution in [-0.2, 0) is 4.79 Å². The summed E-state index contributed by atoms with van der Waals surface area (Å²) in [5, 5.41) is 14.7. The molecule has 0 bridgehead atoms. The monoisotopic (exact) mass is 471 g/mol. The maximum atomic E-state index is 13.5. The van der Waals surface area contributed by atoms with Crippen molar-refractivity contribution in [2.24, 2.45) is 5.92 Å². The van der Waals surface area contributed by atoms with Gasteiger partial charge in [-0.15, -0.1) is 11.3 Å². The van der Waals surface area contributed by atoms with E-state index in [-0.39, 0.29) is 41.4 Å². The molecule has 1 N–H and O–H groups in total. The van der Waals surface area contributed by atoms with E-state index in [4.69, 9.17) is 0 Å². The molecule has 0 aromatic carbocycles. The molecule has 1 aromatic heterocycles. The van der Waals surface area contributed by atoms with Crippen LogP contribution in [0.1, 0.15) is 49.7 Å². The number of carbonyl (C=O) groups excluding carboxylic acids is 2. The standard InChI is InChI=1S/C25H37N5O2S/c1-18(2)14-20(16-26)25(32)30-21(15-19(3)27-24(31)23-6-5-13-33-23)7-8-22(30)17-29-11-9-28(4)10-12-29/h5-6,13-14,18-19,21-22H,7-12,15,17H2,1-4H3,(H,27,31)/t19?,21?,22-/m1/s1. The molecule has 2 aliphatic rings. The van der Waals surface area contributed by atoms with Crippen LogP contribution in [0.3, 0.4) is 0 Å². The van der Waals surface area contributed by atoms with Crippen molar-refractivity contribution in [2.45, 2.75) is 58.2 Å². The fourth-order valence-corrected chi connectivity index (χ4v) is 5.46. The normalized spacial score (nSPS) is 23.5. The lowest BCUT2D eigenvalue weighted by Crippen LogP contribution is -2.52. The lowest BCUT2D eigenvalue weighted by Gasteiger charge is -2.38. The minimum atomic E-state index is -0.162. The van der Waals surface area contributed by atoms with Crippen LogP contribution in [0.4, 0.5) is 0 Å². The minimum absolute atomic E-state index is 0.0116. The average Bonchev–Trinajstić information content (AvgIpc) is 3.43. The van der Waals surface area contributed by atoms with E-state index in [1.54, 1.807) is 6.08 Å². The largest absolute Gasteiger partial charge is 0.349 e. The summed E-state index contributed by atoms with van der Waals surface area (Å²) in [6, 6.07) is 5.87. The number of likely N-dealkylation sites (tertiary alicyclic amines) is 1. The number of thiophene rings is 1. The zero-order valence-corrected chi connectivity index (χ0v) is 21.1. The van der Waals surface area contributed by atoms with E-state index in [0.717, 1.165) is 45.6 Å². The van der Waals surface area contributed by atoms with Crippen molar-refractivity contribution in [2.75, 3.05) is 39.8 Å². The number of amides is 2. The highest BCUT2D eigenvalue weighted by Gasteiger charge is 2.39. The predicted molar refractivity (Wildman–Crippen MR) is 132 cm³/mol. The number of rotatable bonds is 8. The van der Waals surface area contributed by atoms with Crippen molar-refractivity contribution in [1.82, 2.24) is 20.0 Å². The topological polar surface area (TPSA) is 79.7 Å². The van der Waals surface area contributed by atoms with Gasteiger partial charge in [-0.25, -0.2) is 0 Å². The number of piperazine rings is 1. The van der Waals surface area contributed by atoms with Gasteiger partial charge in [0.05, 0.1) is 4.88 Å². The molecule has 7 nitrogen and oxygen atoms in total. The molecule has 1 aromatic rings. The van der Waals surface area contributed by atoms with Crippen LogP contribution < -0.4 is 5.32 Å². The predicted octanol–water partition coefficient (Wildman–Crippen LogP) is 2.97. The Morgan fingerprint density at radius 1 is 1.21 bits per heavy atom. The number of carbonyl (C=O) groups is 2. The van der Waals surface area contributed by atoms with Gasteiger partial charge in [0.1, 0.15) is 11.6 Å². The molecule has 0 aliphatic carbocycles. The van der Waals surface area contributed by atoms with Gasteiger partial charge in [-0.1, -0.05) is 26.0 Å². The Labute approximate surface area is 202 Å². The Morgan fingerprint density at radius 3 is 2.52 bits per heavy atom. The molecule has 3 atom stereocenters. The molecular formula is C25H37N5O2S. The second-order valence-corrected chi connectivity index (χ2v) is 10.7. The van der Waals surface area contributed by atoms with Crippen LogP contribution in [0, 0.1) is 17.2 Å². The van der Waals surface area contributed by atoms with E-state index in [1.807, 2.05) is 43.2 Å². The number of hydrogen-bond donors (Lipinski definition) is 1. The average molecular weight is 472 g/mol. The maximum absolute atomic E-state index is 13.5. The quantitative estimate of drug-likeness (QED) is 0.466. The molecule has 0 spiro atoms. The number of allylic oxidation sites excluding steroid dienone is 1. The molecule has 0 saturated carbocycles. The van der Waals surface area contributed by atoms with Crippen molar-refractivity contribution in [3.63, 3.8) is 0 Å². The minimum Gasteiger partial charge on any atom is -0.349 e. The zero-order chi connectivity index (χ0) is 24.0. The van der Waals surface area contributed by atoms with Crippen molar-refractivity contribution in [3.8, 4) is 6.07 Å². The Balaban J connectivity index is 1.72. The van der Waals surface area contributed by atoms with Crippen LogP contribution in [0.2, 0.25) is 0 Å². The molecule has 3 heterocycles. The highest BCUT2D eigenvalue weighted by Crippen LogP contribution is 2.30. The molecule has 0 radical (unpaired) electrons. The van der Waals surface area contributed by atoms with E-state index < -0.39 is 0 Å². The zero-order valence-electron chi connectivity index (χ0n) is 20.3. The summed E-state index contributed by atoms with van der Waals surface area (Å²) in [7, 11) is 2.14. The van der Waals surface area contributed by atoms with Gasteiger partial charge >= 0.3 is 0 Å². The Bertz CT molecular complexity index is 868. The highest BCUT2D eigenvalue weighted by molar-refractivity contribution is 7.12. The molecule has 2 saturated heterocycles. The molecule has 2 aliphatic heterocycles. The highest BCUT2D eigenvalue weighted by atomic mass is 32.1. The summed E-state index contributed by atoms with van der Waals surface area (Å²) >= 11 is 1.42. The van der Waals surface area contributed by atoms with Crippen LogP contribution in [-0.4, -0.2) is 84.4 Å². The van der Waals surface area contributed by atoms with Gasteiger partial charge in [-0.3, -0.25) is 14.5 Å². The summed E-state index contributed by atoms with van der Waals surface area (Å²) in [6.45, 7) is 10.9. The molecule has 33 heavy (non-hydrogen) atoms. The summed E-state index contributed by atoms with van der Waals surface area (Å²) in [5.74, 6) is -0.103. The summed E-state index contributed by atoms with van der Waals surface area (Å²) in [6.07, 6.45) is 4.27. The first kappa shape index (κ1) is 25.4. The second kappa shape index (κ2) is 11.8. The molecule has 2 amide bonds. The molecule has 2 fully saturated rings. The van der Waals surface area contributed by atoms with Crippen LogP contribution in [0.25, 0.3) is 0 Å². The Morgan fingerprint density at radius 2 is 1.91 bits per heavy atom. The third-order valence-electron chi connectivity index (χ3n) is 6.52. The van der Waals surface area contributed by atoms with Crippen LogP contribution in [0.5, 0.6) is 0 Å². The molecule has 2 unspecified atom stereocenters. The Kier molecular flexibility index (Phi) is 9.07. The molecule has 180 valence electrons. The van der Waals surface area contributed by atoms with Gasteiger partial charge in [-0.05, 0) is 50.6 Å². The third kappa shape index (κ3) is 6.89. The lowest BCUT2D eigenvalue weighted by molar-refractivity contribution is -0.130. The van der Waals surface area contributed by atoms with Crippen molar-refractivity contribution in [1.29, 1.82) is 5.26 Å². The summed E-state index contributed by atoms with van der Waals surface area (Å²) in [4.78, 5) is 33.5. The molecule has 8 heteroatoms. The smallest absolute Gasteiger partial charge is 0.264 e. The first-order valence-corrected chi connectivity index (χ1v) is 12.9. The number of nitrogens with zero attached hydrogens (tertiary/aromatic N) is 4. The third-order valence-corrected chi connectivity index (χ3v) is 7.39. The fourth-order valence-electron chi connectivity index (χ4n) is 4.83. The van der Waals surface area contributed by atoms with E-state index in [0.29, 0.717) is 11.3 Å². The molecule has 3 rings (SSSR count). The van der Waals surface area contributed by atoms with Gasteiger partial charge in [0.15, 0.2) is 0 Å². The summed E-state index contributed by atoms with van der Waals surface area (Å²) < 4.78 is 0. The van der Waals surface area contributed by atoms with E-state index >= 15 is 0 Å². The van der Waals surface area contributed by atoms with Gasteiger partial charge in [-0.2, -0.15) is 5.26 Å². The van der Waals surface area contributed by atoms with Gasteiger partial charge in [0.25, 0.3) is 11.8 Å². The first-order valence-electron chi connectivity index (χ1n) is 12.0. The van der Waals surface area contributed by atoms with Crippen molar-refractivity contribution >= 4 is 23.2 Å². The number of nitriles is 1. The van der Waals surface area contributed by atoms with Gasteiger partial charge < -0.3 is 15.1 Å². The van der Waals surface area contributed by atoms with Gasteiger partial charge in [0, 0.05) is 50.8 Å². The summed E-state index contributed by atoms with van der Waals surface area (Å²) in [5.41, 5.74) is 0.232. The molecular weight excluding hydrogens is 434 g/mol. The van der Waals surface area contributed by atoms with E-state index in [2.05, 4.69) is 28.2 Å². The first-order chi connectivity index (χ1) is 15.8. The van der Waals surface area contributed by atoms with Crippen molar-refractivity contribution < 1.29 is 9.59 Å². The van der Waals surface area contributed by atoms with E-state index in [1.165, 1.54) is 11.3 Å². The van der Waals surface area contributed by atoms with Crippen LogP contribution in [0.15, 0.2) is 29.2 Å². The lowest BCUT2D eigenvalue weighted by atomic mass is 10.0. The maximum Gasteiger partial charge on any atom is 0.264 e. The SMILES string of the molecule is CC(C)C=C(C#N)C(=O)N1C(CC(C)NC(=O)c2cccs2)CC[C@@H]1CN1CCN(C)CC1. The van der Waals surface area contributed by atoms with Crippen LogP contribution >= 0.6 is 11.3 Å². The number of nitrogens with one attached hydrogen (secondary N) is 1. The number of hydrogen-bond acceptors (Lipinski definition) is 6. The van der Waals surface area contributed by atoms with E-state index in [9.17, 15) is 14.9 Å².